The van der Waals surface area contributed by atoms with E-state index < -0.39 is 14.9 Å². The maximum absolute atomic E-state index is 10.8. The van der Waals surface area contributed by atoms with Crippen LogP contribution in [0.25, 0.3) is 0 Å². The van der Waals surface area contributed by atoms with Crippen LogP contribution in [0.2, 0.25) is 0 Å². The molecule has 0 radical (unpaired) electrons. The van der Waals surface area contributed by atoms with Gasteiger partial charge in [-0.3, -0.25) is 0 Å². The van der Waals surface area contributed by atoms with E-state index in [2.05, 4.69) is 0 Å². The second kappa shape index (κ2) is 4.98. The normalized spacial score (nSPS) is 27.8. The minimum Gasteiger partial charge on any atom is -0.747 e. The molecule has 0 saturated heterocycles. The quantitative estimate of drug-likeness (QED) is 0.536. The van der Waals surface area contributed by atoms with Crippen LogP contribution in [0.1, 0.15) is 20.3 Å². The van der Waals surface area contributed by atoms with Crippen molar-refractivity contribution in [3.05, 3.63) is 23.8 Å². The van der Waals surface area contributed by atoms with Crippen LogP contribution in [0, 0.1) is 0 Å². The Labute approximate surface area is 138 Å². The fraction of sp³-hybridized carbons (Fsp3) is 0.500. The van der Waals surface area contributed by atoms with Crippen molar-refractivity contribution < 1.29 is 81.9 Å². The largest absolute Gasteiger partial charge is 1.00 e. The van der Waals surface area contributed by atoms with E-state index in [0.29, 0.717) is 0 Å². The minimum atomic E-state index is -4.23. The van der Waals surface area contributed by atoms with E-state index in [1.165, 1.54) is 13.0 Å². The Hall–Kier alpha value is 1.44. The molecule has 1 rings (SSSR count). The van der Waals surface area contributed by atoms with Gasteiger partial charge in [0.15, 0.2) is 0 Å². The maximum atomic E-state index is 10.8. The van der Waals surface area contributed by atoms with Crippen molar-refractivity contribution in [2.75, 3.05) is 0 Å². The summed E-state index contributed by atoms with van der Waals surface area (Å²) in [4.78, 5) is 0. The van der Waals surface area contributed by atoms with Gasteiger partial charge in [0.2, 0.25) is 0 Å². The average molecular weight is 320 g/mol. The van der Waals surface area contributed by atoms with Crippen molar-refractivity contribution in [3.8, 4) is 0 Å². The molecule has 5 heteroatoms. The van der Waals surface area contributed by atoms with Gasteiger partial charge in [-0.05, 0) is 20.3 Å². The number of hydrogen-bond donors (Lipinski definition) is 0. The summed E-state index contributed by atoms with van der Waals surface area (Å²) in [6.07, 6.45) is 5.17. The van der Waals surface area contributed by atoms with Crippen molar-refractivity contribution in [1.29, 1.82) is 0 Å². The Morgan fingerprint density at radius 2 is 2.08 bits per heavy atom. The van der Waals surface area contributed by atoms with E-state index in [9.17, 15) is 13.0 Å². The first-order valence-electron chi connectivity index (χ1n) is 3.67. The molecule has 1 atom stereocenters. The van der Waals surface area contributed by atoms with E-state index in [4.69, 9.17) is 0 Å². The summed E-state index contributed by atoms with van der Waals surface area (Å²) in [5.74, 6) is 0. The molecule has 0 aromatic rings. The first-order valence-corrected chi connectivity index (χ1v) is 5.07. The summed E-state index contributed by atoms with van der Waals surface area (Å²) >= 11 is 0. The van der Waals surface area contributed by atoms with Gasteiger partial charge < -0.3 is 4.55 Å². The number of rotatable bonds is 1. The van der Waals surface area contributed by atoms with Crippen LogP contribution in [0.5, 0.6) is 0 Å². The smallest absolute Gasteiger partial charge is 0.747 e. The van der Waals surface area contributed by atoms with E-state index in [-0.39, 0.29) is 75.3 Å². The Kier molecular flexibility index (Phi) is 5.53. The third-order valence-electron chi connectivity index (χ3n) is 2.10. The average Bonchev–Trinajstić information content (AvgIpc) is 1.93. The van der Waals surface area contributed by atoms with E-state index in [0.717, 1.165) is 5.57 Å². The molecule has 0 spiro atoms. The number of hydrogen-bond acceptors (Lipinski definition) is 3. The van der Waals surface area contributed by atoms with Crippen LogP contribution in [0.4, 0.5) is 0 Å². The Bertz CT molecular complexity index is 342. The standard InChI is InChI=1S/C8H12O3S.Cs/c1-7-3-5-8(2,6-4-7)12(9,10)11;/h3-5H,6H2,1-2H3,(H,9,10,11);/q;+1/p-1. The van der Waals surface area contributed by atoms with Crippen molar-refractivity contribution in [1.82, 2.24) is 0 Å². The molecule has 68 valence electrons. The third kappa shape index (κ3) is 3.49. The summed E-state index contributed by atoms with van der Waals surface area (Å²) in [5.41, 5.74) is 0.996. The summed E-state index contributed by atoms with van der Waals surface area (Å²) in [7, 11) is -4.23. The predicted molar refractivity (Wildman–Crippen MR) is 45.6 cm³/mol. The number of allylic oxidation sites excluding steroid dienone is 3. The molecular formula is C8H11CsO3S. The molecule has 0 bridgehead atoms. The molecule has 0 saturated carbocycles. The Morgan fingerprint density at radius 3 is 2.38 bits per heavy atom. The van der Waals surface area contributed by atoms with E-state index >= 15 is 0 Å². The first-order chi connectivity index (χ1) is 5.35. The molecule has 1 aliphatic carbocycles. The molecule has 0 fully saturated rings. The van der Waals surface area contributed by atoms with E-state index in [1.807, 2.05) is 6.92 Å². The summed E-state index contributed by atoms with van der Waals surface area (Å²) in [5, 5.41) is 0. The van der Waals surface area contributed by atoms with E-state index in [1.54, 1.807) is 12.2 Å². The molecule has 3 nitrogen and oxygen atoms in total. The van der Waals surface area contributed by atoms with Crippen LogP contribution in [-0.4, -0.2) is 17.7 Å². The molecular weight excluding hydrogens is 309 g/mol. The van der Waals surface area contributed by atoms with Gasteiger partial charge in [-0.15, -0.1) is 0 Å². The van der Waals surface area contributed by atoms with Gasteiger partial charge in [0.1, 0.15) is 10.1 Å². The summed E-state index contributed by atoms with van der Waals surface area (Å²) in [6, 6.07) is 0. The van der Waals surface area contributed by atoms with Gasteiger partial charge in [0.25, 0.3) is 0 Å². The van der Waals surface area contributed by atoms with Crippen LogP contribution in [0.15, 0.2) is 23.8 Å². The molecule has 0 heterocycles. The van der Waals surface area contributed by atoms with Crippen molar-refractivity contribution >= 4 is 10.1 Å². The fourth-order valence-electron chi connectivity index (χ4n) is 0.993. The van der Waals surface area contributed by atoms with Crippen LogP contribution < -0.4 is 68.9 Å². The maximum Gasteiger partial charge on any atom is 1.00 e. The van der Waals surface area contributed by atoms with Crippen molar-refractivity contribution in [3.63, 3.8) is 0 Å². The van der Waals surface area contributed by atoms with Gasteiger partial charge in [0.05, 0.1) is 4.75 Å². The topological polar surface area (TPSA) is 57.2 Å². The predicted octanol–water partition coefficient (Wildman–Crippen LogP) is -1.80. The molecule has 1 aliphatic rings. The molecule has 0 N–H and O–H groups in total. The zero-order chi connectivity index (χ0) is 9.41. The Morgan fingerprint density at radius 1 is 1.54 bits per heavy atom. The molecule has 0 aromatic heterocycles. The zero-order valence-corrected chi connectivity index (χ0v) is 15.2. The zero-order valence-electron chi connectivity index (χ0n) is 8.07. The third-order valence-corrected chi connectivity index (χ3v) is 3.54. The Balaban J connectivity index is 0.00000144. The van der Waals surface area contributed by atoms with Crippen LogP contribution in [-0.2, 0) is 10.1 Å². The molecule has 0 amide bonds. The second-order valence-corrected chi connectivity index (χ2v) is 5.09. The van der Waals surface area contributed by atoms with Gasteiger partial charge >= 0.3 is 68.9 Å². The van der Waals surface area contributed by atoms with Gasteiger partial charge in [0, 0.05) is 0 Å². The fourth-order valence-corrected chi connectivity index (χ4v) is 1.52. The van der Waals surface area contributed by atoms with Crippen LogP contribution in [0.3, 0.4) is 0 Å². The molecule has 13 heavy (non-hydrogen) atoms. The monoisotopic (exact) mass is 320 g/mol. The second-order valence-electron chi connectivity index (χ2n) is 3.25. The first kappa shape index (κ1) is 14.4. The van der Waals surface area contributed by atoms with Crippen molar-refractivity contribution in [2.24, 2.45) is 0 Å². The van der Waals surface area contributed by atoms with Crippen molar-refractivity contribution in [2.45, 2.75) is 25.0 Å². The minimum absolute atomic E-state index is 0. The molecule has 0 aromatic carbocycles. The SMILES string of the molecule is CC1=CCC(C)(S(=O)(=O)[O-])C=C1.[Cs+]. The van der Waals surface area contributed by atoms with Gasteiger partial charge in [-0.2, -0.15) is 0 Å². The van der Waals surface area contributed by atoms with Gasteiger partial charge in [-0.1, -0.05) is 23.8 Å². The summed E-state index contributed by atoms with van der Waals surface area (Å²) in [6.45, 7) is 3.31. The van der Waals surface area contributed by atoms with Gasteiger partial charge in [-0.25, -0.2) is 8.42 Å². The molecule has 0 aliphatic heterocycles. The van der Waals surface area contributed by atoms with Crippen LogP contribution >= 0.6 is 0 Å². The molecule has 1 unspecified atom stereocenters. The summed E-state index contributed by atoms with van der Waals surface area (Å²) < 4.78 is 31.1.